The molecule has 3 nitrogen and oxygen atoms in total. The fourth-order valence-corrected chi connectivity index (χ4v) is 1.16. The highest BCUT2D eigenvalue weighted by Crippen LogP contribution is 2.05. The van der Waals surface area contributed by atoms with Crippen molar-refractivity contribution in [1.82, 2.24) is 5.48 Å². The topological polar surface area (TPSA) is 38.3 Å². The van der Waals surface area contributed by atoms with Gasteiger partial charge in [0.15, 0.2) is 0 Å². The first-order valence-corrected chi connectivity index (χ1v) is 5.95. The molecule has 3 heteroatoms. The van der Waals surface area contributed by atoms with E-state index in [2.05, 4.69) is 19.0 Å². The molecule has 0 spiro atoms. The van der Waals surface area contributed by atoms with E-state index >= 15 is 0 Å². The molecular weight excluding hydrogens is 202 g/mol. The Morgan fingerprint density at radius 3 is 2.62 bits per heavy atom. The summed E-state index contributed by atoms with van der Waals surface area (Å²) in [6.45, 7) is 7.34. The normalized spacial score (nSPS) is 10.4. The summed E-state index contributed by atoms with van der Waals surface area (Å²) in [5.74, 6) is -0.285. The first-order chi connectivity index (χ1) is 7.68. The molecule has 0 fully saturated rings. The van der Waals surface area contributed by atoms with Crippen LogP contribution in [0.5, 0.6) is 0 Å². The number of unbranched alkanes of at least 4 members (excludes halogenated alkanes) is 5. The first kappa shape index (κ1) is 14.8. The van der Waals surface area contributed by atoms with Crippen molar-refractivity contribution in [2.24, 2.45) is 0 Å². The lowest BCUT2D eigenvalue weighted by Gasteiger charge is -2.01. The number of hydrogen-bond acceptors (Lipinski definition) is 2. The Hall–Kier alpha value is -1.25. The van der Waals surface area contributed by atoms with Crippen molar-refractivity contribution in [1.29, 1.82) is 0 Å². The molecule has 0 aliphatic rings. The van der Waals surface area contributed by atoms with E-state index in [-0.39, 0.29) is 5.91 Å². The van der Waals surface area contributed by atoms with E-state index in [1.165, 1.54) is 38.4 Å². The molecule has 0 aliphatic carbocycles. The van der Waals surface area contributed by atoms with Crippen LogP contribution in [-0.4, -0.2) is 5.91 Å². The largest absolute Gasteiger partial charge is 0.387 e. The molecule has 92 valence electrons. The summed E-state index contributed by atoms with van der Waals surface area (Å²) in [5, 5.41) is 0. The summed E-state index contributed by atoms with van der Waals surface area (Å²) in [4.78, 5) is 15.8. The van der Waals surface area contributed by atoms with Gasteiger partial charge in [0.2, 0.25) is 0 Å². The Bertz CT molecular complexity index is 234. The van der Waals surface area contributed by atoms with Crippen LogP contribution < -0.4 is 5.48 Å². The van der Waals surface area contributed by atoms with Crippen LogP contribution >= 0.6 is 0 Å². The van der Waals surface area contributed by atoms with Gasteiger partial charge >= 0.3 is 0 Å². The van der Waals surface area contributed by atoms with Crippen LogP contribution in [0.25, 0.3) is 0 Å². The average Bonchev–Trinajstić information content (AvgIpc) is 2.26. The lowest BCUT2D eigenvalue weighted by atomic mass is 10.1. The predicted molar refractivity (Wildman–Crippen MR) is 66.6 cm³/mol. The summed E-state index contributed by atoms with van der Waals surface area (Å²) in [6.07, 6.45) is 10.8. The lowest BCUT2D eigenvalue weighted by Crippen LogP contribution is -2.21. The predicted octanol–water partition coefficient (Wildman–Crippen LogP) is 3.48. The van der Waals surface area contributed by atoms with E-state index in [1.807, 2.05) is 6.08 Å². The first-order valence-electron chi connectivity index (χ1n) is 5.95. The van der Waals surface area contributed by atoms with Crippen molar-refractivity contribution in [3.8, 4) is 0 Å². The Labute approximate surface area is 98.5 Å². The quantitative estimate of drug-likeness (QED) is 0.282. The second-order valence-corrected chi connectivity index (χ2v) is 3.90. The van der Waals surface area contributed by atoms with Crippen LogP contribution in [0.4, 0.5) is 0 Å². The third-order valence-corrected chi connectivity index (χ3v) is 2.18. The molecule has 0 aliphatic heterocycles. The Balaban J connectivity index is 3.28. The molecule has 0 saturated heterocycles. The van der Waals surface area contributed by atoms with E-state index in [1.54, 1.807) is 6.92 Å². The summed E-state index contributed by atoms with van der Waals surface area (Å²) in [7, 11) is 0. The van der Waals surface area contributed by atoms with Gasteiger partial charge in [-0.1, -0.05) is 39.2 Å². The second kappa shape index (κ2) is 10.3. The molecule has 0 radical (unpaired) electrons. The number of hydrogen-bond donors (Lipinski definition) is 1. The van der Waals surface area contributed by atoms with Gasteiger partial charge < -0.3 is 4.84 Å². The van der Waals surface area contributed by atoms with Crippen LogP contribution in [-0.2, 0) is 9.63 Å². The summed E-state index contributed by atoms with van der Waals surface area (Å²) in [5.41, 5.74) is 2.71. The molecule has 0 aromatic carbocycles. The monoisotopic (exact) mass is 225 g/mol. The maximum absolute atomic E-state index is 11.0. The van der Waals surface area contributed by atoms with Crippen LogP contribution in [0.2, 0.25) is 0 Å². The van der Waals surface area contributed by atoms with Gasteiger partial charge in [-0.25, -0.2) is 0 Å². The Kier molecular flexibility index (Phi) is 9.47. The van der Waals surface area contributed by atoms with E-state index in [4.69, 9.17) is 4.84 Å². The minimum atomic E-state index is -0.285. The standard InChI is InChI=1S/C13H23NO2/c1-4-5-6-7-8-9-10-11-16-14-13(15)12(2)3/h10-11H,2,4-9H2,1,3H3,(H,14,15)/b11-10+. The second-order valence-electron chi connectivity index (χ2n) is 3.90. The van der Waals surface area contributed by atoms with Crippen molar-refractivity contribution < 1.29 is 9.63 Å². The minimum absolute atomic E-state index is 0.285. The van der Waals surface area contributed by atoms with Gasteiger partial charge in [-0.15, -0.1) is 0 Å². The fourth-order valence-electron chi connectivity index (χ4n) is 1.16. The molecule has 0 rings (SSSR count). The maximum Gasteiger partial charge on any atom is 0.278 e. The molecule has 0 atom stereocenters. The van der Waals surface area contributed by atoms with Crippen LogP contribution in [0.1, 0.15) is 52.4 Å². The van der Waals surface area contributed by atoms with E-state index in [0.717, 1.165) is 6.42 Å². The zero-order valence-corrected chi connectivity index (χ0v) is 10.4. The van der Waals surface area contributed by atoms with Crippen molar-refractivity contribution >= 4 is 5.91 Å². The van der Waals surface area contributed by atoms with Gasteiger partial charge in [-0.3, -0.25) is 4.79 Å². The smallest absolute Gasteiger partial charge is 0.278 e. The molecule has 0 aromatic rings. The molecule has 0 aromatic heterocycles. The highest BCUT2D eigenvalue weighted by Gasteiger charge is 1.97. The molecule has 1 amide bonds. The number of nitrogens with one attached hydrogen (secondary N) is 1. The van der Waals surface area contributed by atoms with Gasteiger partial charge in [0.25, 0.3) is 5.91 Å². The van der Waals surface area contributed by atoms with Gasteiger partial charge in [0.1, 0.15) is 6.26 Å². The Morgan fingerprint density at radius 1 is 1.31 bits per heavy atom. The van der Waals surface area contributed by atoms with Crippen molar-refractivity contribution in [3.05, 3.63) is 24.5 Å². The number of carbonyl (C=O) groups is 1. The third-order valence-electron chi connectivity index (χ3n) is 2.18. The number of rotatable bonds is 9. The molecule has 16 heavy (non-hydrogen) atoms. The highest BCUT2D eigenvalue weighted by atomic mass is 16.6. The number of amides is 1. The zero-order chi connectivity index (χ0) is 12.2. The third kappa shape index (κ3) is 9.31. The van der Waals surface area contributed by atoms with Crippen LogP contribution in [0, 0.1) is 0 Å². The summed E-state index contributed by atoms with van der Waals surface area (Å²) in [6, 6.07) is 0. The summed E-state index contributed by atoms with van der Waals surface area (Å²) >= 11 is 0. The van der Waals surface area contributed by atoms with Gasteiger partial charge in [0, 0.05) is 5.57 Å². The molecule has 1 N–H and O–H groups in total. The minimum Gasteiger partial charge on any atom is -0.387 e. The Morgan fingerprint density at radius 2 is 2.00 bits per heavy atom. The molecular formula is C13H23NO2. The number of hydroxylamine groups is 1. The van der Waals surface area contributed by atoms with Gasteiger partial charge in [-0.2, -0.15) is 5.48 Å². The zero-order valence-electron chi connectivity index (χ0n) is 10.4. The molecule has 0 unspecified atom stereocenters. The number of carbonyl (C=O) groups excluding carboxylic acids is 1. The van der Waals surface area contributed by atoms with Gasteiger partial charge in [0.05, 0.1) is 0 Å². The van der Waals surface area contributed by atoms with Crippen LogP contribution in [0.3, 0.4) is 0 Å². The van der Waals surface area contributed by atoms with Gasteiger partial charge in [-0.05, 0) is 25.8 Å². The van der Waals surface area contributed by atoms with E-state index < -0.39 is 0 Å². The number of allylic oxidation sites excluding steroid dienone is 1. The fraction of sp³-hybridized carbons (Fsp3) is 0.615. The van der Waals surface area contributed by atoms with Crippen molar-refractivity contribution in [3.63, 3.8) is 0 Å². The molecule has 0 bridgehead atoms. The molecule has 0 saturated carbocycles. The maximum atomic E-state index is 11.0. The van der Waals surface area contributed by atoms with Crippen LogP contribution in [0.15, 0.2) is 24.5 Å². The summed E-state index contributed by atoms with van der Waals surface area (Å²) < 4.78 is 0. The average molecular weight is 225 g/mol. The van der Waals surface area contributed by atoms with E-state index in [9.17, 15) is 4.79 Å². The highest BCUT2D eigenvalue weighted by molar-refractivity contribution is 5.91. The van der Waals surface area contributed by atoms with Crippen molar-refractivity contribution in [2.45, 2.75) is 52.4 Å². The van der Waals surface area contributed by atoms with E-state index in [0.29, 0.717) is 5.57 Å². The lowest BCUT2D eigenvalue weighted by molar-refractivity contribution is -0.125. The van der Waals surface area contributed by atoms with Crippen molar-refractivity contribution in [2.75, 3.05) is 0 Å². The molecule has 0 heterocycles. The SMILES string of the molecule is C=C(C)C(=O)NO/C=C/CCCCCCC.